The molecular formula is C17H24N2O2. The molecule has 2 aliphatic rings. The zero-order chi connectivity index (χ0) is 14.8. The fourth-order valence-electron chi connectivity index (χ4n) is 3.92. The molecule has 0 saturated carbocycles. The van der Waals surface area contributed by atoms with Crippen molar-refractivity contribution in [3.63, 3.8) is 0 Å². The van der Waals surface area contributed by atoms with Crippen LogP contribution in [0, 0.1) is 0 Å². The van der Waals surface area contributed by atoms with Gasteiger partial charge in [-0.05, 0) is 31.9 Å². The van der Waals surface area contributed by atoms with Crippen molar-refractivity contribution in [2.45, 2.75) is 43.8 Å². The topological polar surface area (TPSA) is 43.8 Å². The van der Waals surface area contributed by atoms with Crippen molar-refractivity contribution in [2.24, 2.45) is 0 Å². The van der Waals surface area contributed by atoms with Crippen LogP contribution in [0.5, 0.6) is 0 Å². The number of likely N-dealkylation sites (N-methyl/N-ethyl adjacent to an activating group) is 1. The monoisotopic (exact) mass is 288 g/mol. The predicted octanol–water partition coefficient (Wildman–Crippen LogP) is 2.37. The van der Waals surface area contributed by atoms with Gasteiger partial charge in [-0.3, -0.25) is 14.6 Å². The molecule has 2 aliphatic heterocycles. The summed E-state index contributed by atoms with van der Waals surface area (Å²) in [5, 5.41) is 9.29. The summed E-state index contributed by atoms with van der Waals surface area (Å²) >= 11 is 0. The second kappa shape index (κ2) is 6.16. The summed E-state index contributed by atoms with van der Waals surface area (Å²) in [7, 11) is 2.22. The number of carboxylic acids is 1. The number of benzene rings is 1. The number of fused-ring (bicyclic) bond motifs is 2. The smallest absolute Gasteiger partial charge is 0.305 e. The van der Waals surface area contributed by atoms with Crippen LogP contribution < -0.4 is 0 Å². The summed E-state index contributed by atoms with van der Waals surface area (Å²) in [4.78, 5) is 16.2. The molecule has 0 spiro atoms. The molecular weight excluding hydrogens is 264 g/mol. The molecule has 4 nitrogen and oxygen atoms in total. The SMILES string of the molecule is CN1C2CCC1CN(C(CC(=O)O)c1ccccc1)CC2. The average Bonchev–Trinajstić information content (AvgIpc) is 2.71. The number of nitrogens with zero attached hydrogens (tertiary/aromatic N) is 2. The van der Waals surface area contributed by atoms with E-state index in [0.717, 1.165) is 25.1 Å². The summed E-state index contributed by atoms with van der Waals surface area (Å²) in [6.07, 6.45) is 3.87. The summed E-state index contributed by atoms with van der Waals surface area (Å²) in [6.45, 7) is 1.98. The maximum Gasteiger partial charge on any atom is 0.305 e. The summed E-state index contributed by atoms with van der Waals surface area (Å²) in [5.41, 5.74) is 1.13. The minimum Gasteiger partial charge on any atom is -0.481 e. The Morgan fingerprint density at radius 3 is 2.67 bits per heavy atom. The molecule has 3 atom stereocenters. The van der Waals surface area contributed by atoms with E-state index in [2.05, 4.69) is 29.0 Å². The van der Waals surface area contributed by atoms with Gasteiger partial charge in [-0.2, -0.15) is 0 Å². The van der Waals surface area contributed by atoms with Crippen LogP contribution in [0.4, 0.5) is 0 Å². The Balaban J connectivity index is 1.81. The van der Waals surface area contributed by atoms with Crippen LogP contribution >= 0.6 is 0 Å². The quantitative estimate of drug-likeness (QED) is 0.924. The lowest BCUT2D eigenvalue weighted by Gasteiger charge is -2.32. The highest BCUT2D eigenvalue weighted by molar-refractivity contribution is 5.68. The summed E-state index contributed by atoms with van der Waals surface area (Å²) in [5.74, 6) is -0.716. The van der Waals surface area contributed by atoms with Crippen molar-refractivity contribution >= 4 is 5.97 Å². The third kappa shape index (κ3) is 3.11. The van der Waals surface area contributed by atoms with Crippen LogP contribution in [0.25, 0.3) is 0 Å². The van der Waals surface area contributed by atoms with Crippen LogP contribution in [0.3, 0.4) is 0 Å². The molecule has 2 heterocycles. The fraction of sp³-hybridized carbons (Fsp3) is 0.588. The number of aliphatic carboxylic acids is 1. The second-order valence-electron chi connectivity index (χ2n) is 6.36. The van der Waals surface area contributed by atoms with Crippen LogP contribution in [0.1, 0.15) is 37.3 Å². The van der Waals surface area contributed by atoms with Crippen molar-refractivity contribution in [2.75, 3.05) is 20.1 Å². The van der Waals surface area contributed by atoms with Crippen molar-refractivity contribution in [1.29, 1.82) is 0 Å². The van der Waals surface area contributed by atoms with E-state index >= 15 is 0 Å². The van der Waals surface area contributed by atoms with Gasteiger partial charge in [0.25, 0.3) is 0 Å². The van der Waals surface area contributed by atoms with E-state index in [1.54, 1.807) is 0 Å². The maximum atomic E-state index is 11.3. The number of carboxylic acid groups (broad SMARTS) is 1. The molecule has 1 aromatic rings. The number of rotatable bonds is 4. The number of likely N-dealkylation sites (tertiary alicyclic amines) is 1. The molecule has 3 unspecified atom stereocenters. The van der Waals surface area contributed by atoms with E-state index in [-0.39, 0.29) is 12.5 Å². The molecule has 3 rings (SSSR count). The molecule has 1 aromatic carbocycles. The molecule has 2 fully saturated rings. The van der Waals surface area contributed by atoms with Gasteiger partial charge < -0.3 is 5.11 Å². The van der Waals surface area contributed by atoms with Crippen molar-refractivity contribution in [3.05, 3.63) is 35.9 Å². The highest BCUT2D eigenvalue weighted by atomic mass is 16.4. The Morgan fingerprint density at radius 1 is 1.24 bits per heavy atom. The minimum absolute atomic E-state index is 0.00329. The third-order valence-electron chi connectivity index (χ3n) is 5.17. The first kappa shape index (κ1) is 14.5. The van der Waals surface area contributed by atoms with Gasteiger partial charge in [0.2, 0.25) is 0 Å². The molecule has 0 aliphatic carbocycles. The Bertz CT molecular complexity index is 491. The van der Waals surface area contributed by atoms with E-state index in [0.29, 0.717) is 12.1 Å². The van der Waals surface area contributed by atoms with Gasteiger partial charge in [-0.1, -0.05) is 30.3 Å². The van der Waals surface area contributed by atoms with E-state index in [4.69, 9.17) is 0 Å². The molecule has 4 heteroatoms. The van der Waals surface area contributed by atoms with Crippen LogP contribution in [-0.4, -0.2) is 53.1 Å². The van der Waals surface area contributed by atoms with Gasteiger partial charge in [0.1, 0.15) is 0 Å². The first-order chi connectivity index (χ1) is 10.1. The molecule has 0 aromatic heterocycles. The largest absolute Gasteiger partial charge is 0.481 e. The average molecular weight is 288 g/mol. The van der Waals surface area contributed by atoms with Gasteiger partial charge in [0.05, 0.1) is 6.42 Å². The summed E-state index contributed by atoms with van der Waals surface area (Å²) < 4.78 is 0. The second-order valence-corrected chi connectivity index (χ2v) is 6.36. The lowest BCUT2D eigenvalue weighted by molar-refractivity contribution is -0.138. The number of carbonyl (C=O) groups is 1. The Kier molecular flexibility index (Phi) is 4.27. The van der Waals surface area contributed by atoms with Crippen molar-refractivity contribution < 1.29 is 9.90 Å². The van der Waals surface area contributed by atoms with Gasteiger partial charge in [0.15, 0.2) is 0 Å². The molecule has 2 bridgehead atoms. The van der Waals surface area contributed by atoms with Crippen molar-refractivity contribution in [3.8, 4) is 0 Å². The normalized spacial score (nSPS) is 28.2. The molecule has 2 saturated heterocycles. The standard InChI is InChI=1S/C17H24N2O2/c1-18-14-7-8-15(18)12-19(10-9-14)16(11-17(20)21)13-5-3-2-4-6-13/h2-6,14-16H,7-12H2,1H3,(H,20,21). The van der Waals surface area contributed by atoms with E-state index in [9.17, 15) is 9.90 Å². The van der Waals surface area contributed by atoms with Gasteiger partial charge >= 0.3 is 5.97 Å². The Labute approximate surface area is 126 Å². The Hall–Kier alpha value is -1.39. The van der Waals surface area contributed by atoms with Crippen LogP contribution in [-0.2, 0) is 4.79 Å². The third-order valence-corrected chi connectivity index (χ3v) is 5.17. The lowest BCUT2D eigenvalue weighted by atomic mass is 9.99. The van der Waals surface area contributed by atoms with E-state index < -0.39 is 5.97 Å². The fourth-order valence-corrected chi connectivity index (χ4v) is 3.92. The first-order valence-corrected chi connectivity index (χ1v) is 7.88. The first-order valence-electron chi connectivity index (χ1n) is 7.88. The minimum atomic E-state index is -0.716. The Morgan fingerprint density at radius 2 is 1.95 bits per heavy atom. The summed E-state index contributed by atoms with van der Waals surface area (Å²) in [6, 6.07) is 11.4. The molecule has 0 radical (unpaired) electrons. The number of hydrogen-bond acceptors (Lipinski definition) is 3. The van der Waals surface area contributed by atoms with E-state index in [1.807, 2.05) is 18.2 Å². The highest BCUT2D eigenvalue weighted by Gasteiger charge is 2.37. The number of hydrogen-bond donors (Lipinski definition) is 1. The van der Waals surface area contributed by atoms with Crippen LogP contribution in [0.2, 0.25) is 0 Å². The van der Waals surface area contributed by atoms with E-state index in [1.165, 1.54) is 12.8 Å². The van der Waals surface area contributed by atoms with Crippen LogP contribution in [0.15, 0.2) is 30.3 Å². The predicted molar refractivity (Wildman–Crippen MR) is 82.2 cm³/mol. The molecule has 21 heavy (non-hydrogen) atoms. The molecule has 0 amide bonds. The van der Waals surface area contributed by atoms with Gasteiger partial charge in [-0.25, -0.2) is 0 Å². The van der Waals surface area contributed by atoms with Crippen molar-refractivity contribution in [1.82, 2.24) is 9.80 Å². The maximum absolute atomic E-state index is 11.3. The zero-order valence-electron chi connectivity index (χ0n) is 12.6. The van der Waals surface area contributed by atoms with Gasteiger partial charge in [-0.15, -0.1) is 0 Å². The highest BCUT2D eigenvalue weighted by Crippen LogP contribution is 2.33. The molecule has 114 valence electrons. The lowest BCUT2D eigenvalue weighted by Crippen LogP contribution is -2.39. The molecule has 1 N–H and O–H groups in total. The van der Waals surface area contributed by atoms with Gasteiger partial charge in [0, 0.05) is 31.2 Å². The zero-order valence-corrected chi connectivity index (χ0v) is 12.6.